The van der Waals surface area contributed by atoms with E-state index in [1.807, 2.05) is 29.2 Å². The minimum absolute atomic E-state index is 0.0521. The molecule has 1 aliphatic rings. The molecule has 5 heteroatoms. The molecule has 2 aromatic carbocycles. The normalized spacial score (nSPS) is 21.5. The molecule has 2 nitrogen and oxygen atoms in total. The molecule has 122 valence electrons. The molecule has 1 fully saturated rings. The van der Waals surface area contributed by atoms with Gasteiger partial charge in [-0.25, -0.2) is 8.78 Å². The van der Waals surface area contributed by atoms with E-state index < -0.39 is 11.6 Å². The number of anilines is 1. The zero-order valence-corrected chi connectivity index (χ0v) is 13.4. The van der Waals surface area contributed by atoms with Gasteiger partial charge in [-0.3, -0.25) is 0 Å². The van der Waals surface area contributed by atoms with Crippen LogP contribution in [0.3, 0.4) is 0 Å². The molecule has 1 aliphatic heterocycles. The summed E-state index contributed by atoms with van der Waals surface area (Å²) in [5.41, 5.74) is 7.61. The Hall–Kier alpha value is -1.65. The molecule has 0 bridgehead atoms. The maximum absolute atomic E-state index is 14.0. The molecule has 1 saturated heterocycles. The second-order valence-electron chi connectivity index (χ2n) is 6.17. The van der Waals surface area contributed by atoms with Gasteiger partial charge in [0.1, 0.15) is 0 Å². The van der Waals surface area contributed by atoms with Crippen LogP contribution in [0.15, 0.2) is 42.5 Å². The maximum Gasteiger partial charge on any atom is 0.182 e. The summed E-state index contributed by atoms with van der Waals surface area (Å²) in [6, 6.07) is 11.9. The summed E-state index contributed by atoms with van der Waals surface area (Å²) in [6.07, 6.45) is 1.72. The Morgan fingerprint density at radius 1 is 1.09 bits per heavy atom. The number of halogens is 3. The number of nitrogens with zero attached hydrogens (tertiary/aromatic N) is 1. The summed E-state index contributed by atoms with van der Waals surface area (Å²) in [5, 5.41) is 0.706. The van der Waals surface area contributed by atoms with E-state index >= 15 is 0 Å². The molecule has 0 aliphatic carbocycles. The molecule has 23 heavy (non-hydrogen) atoms. The van der Waals surface area contributed by atoms with Crippen LogP contribution in [0.4, 0.5) is 14.5 Å². The average molecular weight is 337 g/mol. The van der Waals surface area contributed by atoms with E-state index in [-0.39, 0.29) is 6.04 Å². The summed E-state index contributed by atoms with van der Waals surface area (Å²) in [6.45, 7) is 1.20. The van der Waals surface area contributed by atoms with Crippen molar-refractivity contribution in [2.75, 3.05) is 18.0 Å². The van der Waals surface area contributed by atoms with Crippen molar-refractivity contribution >= 4 is 17.3 Å². The lowest BCUT2D eigenvalue weighted by Gasteiger charge is -2.38. The molecule has 2 atom stereocenters. The monoisotopic (exact) mass is 336 g/mol. The zero-order chi connectivity index (χ0) is 16.4. The van der Waals surface area contributed by atoms with Crippen LogP contribution in [0.1, 0.15) is 12.0 Å². The van der Waals surface area contributed by atoms with E-state index in [4.69, 9.17) is 17.3 Å². The molecule has 2 aromatic rings. The molecular weight excluding hydrogens is 318 g/mol. The zero-order valence-electron chi connectivity index (χ0n) is 12.7. The molecule has 0 saturated carbocycles. The van der Waals surface area contributed by atoms with Gasteiger partial charge in [-0.2, -0.15) is 0 Å². The quantitative estimate of drug-likeness (QED) is 0.917. The Morgan fingerprint density at radius 3 is 2.57 bits per heavy atom. The van der Waals surface area contributed by atoms with Crippen LogP contribution >= 0.6 is 11.6 Å². The molecule has 0 spiro atoms. The van der Waals surface area contributed by atoms with Crippen LogP contribution in [-0.4, -0.2) is 19.1 Å². The van der Waals surface area contributed by atoms with Gasteiger partial charge < -0.3 is 10.6 Å². The smallest absolute Gasteiger partial charge is 0.182 e. The largest absolute Gasteiger partial charge is 0.367 e. The Labute approximate surface area is 139 Å². The number of nitrogens with two attached hydrogens (primary N) is 1. The van der Waals surface area contributed by atoms with E-state index in [2.05, 4.69) is 0 Å². The fraction of sp³-hybridized carbons (Fsp3) is 0.333. The minimum atomic E-state index is -0.823. The van der Waals surface area contributed by atoms with Crippen LogP contribution in [0.25, 0.3) is 0 Å². The van der Waals surface area contributed by atoms with E-state index in [0.29, 0.717) is 29.7 Å². The number of rotatable bonds is 3. The van der Waals surface area contributed by atoms with Crippen molar-refractivity contribution in [3.63, 3.8) is 0 Å². The van der Waals surface area contributed by atoms with Gasteiger partial charge in [0.25, 0.3) is 0 Å². The standard InChI is InChI=1S/C18H19ClF2N2/c19-14-6-4-12(5-7-14)8-13-9-15(22)11-23(10-13)17-3-1-2-16(20)18(17)21/h1-7,13,15H,8-11,22H2. The second-order valence-corrected chi connectivity index (χ2v) is 6.61. The van der Waals surface area contributed by atoms with Gasteiger partial charge in [-0.15, -0.1) is 0 Å². The Kier molecular flexibility index (Phi) is 4.83. The second kappa shape index (κ2) is 6.85. The number of benzene rings is 2. The highest BCUT2D eigenvalue weighted by Gasteiger charge is 2.27. The fourth-order valence-corrected chi connectivity index (χ4v) is 3.41. The summed E-state index contributed by atoms with van der Waals surface area (Å²) in [5.74, 6) is -1.33. The third-order valence-corrected chi connectivity index (χ3v) is 4.53. The van der Waals surface area contributed by atoms with Crippen LogP contribution in [0.2, 0.25) is 5.02 Å². The fourth-order valence-electron chi connectivity index (χ4n) is 3.28. The lowest BCUT2D eigenvalue weighted by molar-refractivity contribution is 0.370. The molecule has 0 aromatic heterocycles. The molecule has 2 unspecified atom stereocenters. The van der Waals surface area contributed by atoms with Crippen LogP contribution in [0.5, 0.6) is 0 Å². The number of piperidine rings is 1. The van der Waals surface area contributed by atoms with E-state index in [1.54, 1.807) is 6.07 Å². The maximum atomic E-state index is 14.0. The van der Waals surface area contributed by atoms with Gasteiger partial charge in [0.2, 0.25) is 0 Å². The topological polar surface area (TPSA) is 29.3 Å². The highest BCUT2D eigenvalue weighted by atomic mass is 35.5. The lowest BCUT2D eigenvalue weighted by atomic mass is 9.88. The van der Waals surface area contributed by atoms with Gasteiger partial charge in [0.05, 0.1) is 5.69 Å². The molecule has 0 amide bonds. The first kappa shape index (κ1) is 16.2. The first-order chi connectivity index (χ1) is 11.0. The van der Waals surface area contributed by atoms with Crippen molar-refractivity contribution < 1.29 is 8.78 Å². The summed E-state index contributed by atoms with van der Waals surface area (Å²) >= 11 is 5.91. The minimum Gasteiger partial charge on any atom is -0.367 e. The van der Waals surface area contributed by atoms with E-state index in [1.165, 1.54) is 11.6 Å². The average Bonchev–Trinajstić information content (AvgIpc) is 2.52. The van der Waals surface area contributed by atoms with Crippen LogP contribution < -0.4 is 10.6 Å². The molecule has 3 rings (SSSR count). The lowest BCUT2D eigenvalue weighted by Crippen LogP contribution is -2.48. The summed E-state index contributed by atoms with van der Waals surface area (Å²) in [7, 11) is 0. The van der Waals surface area contributed by atoms with Gasteiger partial charge >= 0.3 is 0 Å². The number of hydrogen-bond donors (Lipinski definition) is 1. The van der Waals surface area contributed by atoms with Gasteiger partial charge in [0, 0.05) is 24.2 Å². The van der Waals surface area contributed by atoms with Crippen molar-refractivity contribution in [2.24, 2.45) is 11.7 Å². The Morgan fingerprint density at radius 2 is 1.83 bits per heavy atom. The van der Waals surface area contributed by atoms with Crippen molar-refractivity contribution in [2.45, 2.75) is 18.9 Å². The number of hydrogen-bond acceptors (Lipinski definition) is 2. The van der Waals surface area contributed by atoms with Crippen molar-refractivity contribution in [3.05, 3.63) is 64.7 Å². The molecule has 0 radical (unpaired) electrons. The highest BCUT2D eigenvalue weighted by Crippen LogP contribution is 2.28. The van der Waals surface area contributed by atoms with Gasteiger partial charge in [-0.1, -0.05) is 29.8 Å². The van der Waals surface area contributed by atoms with Gasteiger partial charge in [-0.05, 0) is 48.6 Å². The van der Waals surface area contributed by atoms with Gasteiger partial charge in [0.15, 0.2) is 11.6 Å². The third kappa shape index (κ3) is 3.82. The van der Waals surface area contributed by atoms with E-state index in [0.717, 1.165) is 18.9 Å². The molecular formula is C18H19ClF2N2. The molecule has 2 N–H and O–H groups in total. The van der Waals surface area contributed by atoms with Crippen molar-refractivity contribution in [1.82, 2.24) is 0 Å². The highest BCUT2D eigenvalue weighted by molar-refractivity contribution is 6.30. The molecule has 1 heterocycles. The Bertz CT molecular complexity index is 675. The van der Waals surface area contributed by atoms with E-state index in [9.17, 15) is 8.78 Å². The Balaban J connectivity index is 1.76. The predicted octanol–water partition coefficient (Wildman–Crippen LogP) is 4.01. The summed E-state index contributed by atoms with van der Waals surface area (Å²) in [4.78, 5) is 1.85. The summed E-state index contributed by atoms with van der Waals surface area (Å²) < 4.78 is 27.5. The first-order valence-electron chi connectivity index (χ1n) is 7.72. The van der Waals surface area contributed by atoms with Crippen LogP contribution in [-0.2, 0) is 6.42 Å². The predicted molar refractivity (Wildman–Crippen MR) is 89.8 cm³/mol. The first-order valence-corrected chi connectivity index (χ1v) is 8.09. The SMILES string of the molecule is NC1CC(Cc2ccc(Cl)cc2)CN(c2cccc(F)c2F)C1. The third-order valence-electron chi connectivity index (χ3n) is 4.28. The van der Waals surface area contributed by atoms with Crippen LogP contribution in [0, 0.1) is 17.6 Å². The van der Waals surface area contributed by atoms with Crippen molar-refractivity contribution in [1.29, 1.82) is 0 Å². The van der Waals surface area contributed by atoms with Crippen molar-refractivity contribution in [3.8, 4) is 0 Å².